The topological polar surface area (TPSA) is 46.3 Å². The fourth-order valence-corrected chi connectivity index (χ4v) is 2.71. The summed E-state index contributed by atoms with van der Waals surface area (Å²) in [7, 11) is 1.79. The molecule has 0 atom stereocenters. The monoisotopic (exact) mass is 266 g/mol. The minimum Gasteiger partial charge on any atom is -0.399 e. The van der Waals surface area contributed by atoms with Gasteiger partial charge in [0.25, 0.3) is 5.91 Å². The number of nitrogen functional groups attached to an aromatic ring is 1. The molecule has 0 fully saturated rings. The molecule has 1 amide bonds. The van der Waals surface area contributed by atoms with Crippen LogP contribution < -0.4 is 10.6 Å². The average Bonchev–Trinajstić information content (AvgIpc) is 2.94. The SMILES string of the molecule is CN(C(=O)c1ccc2c(c1)CCC2)c1ccc(N)cc1. The van der Waals surface area contributed by atoms with Crippen molar-refractivity contribution >= 4 is 17.3 Å². The van der Waals surface area contributed by atoms with Gasteiger partial charge in [0, 0.05) is 24.0 Å². The van der Waals surface area contributed by atoms with Crippen molar-refractivity contribution in [2.24, 2.45) is 0 Å². The van der Waals surface area contributed by atoms with Gasteiger partial charge in [-0.15, -0.1) is 0 Å². The molecule has 0 saturated heterocycles. The molecular formula is C17H18N2O. The number of carbonyl (C=O) groups is 1. The Hall–Kier alpha value is -2.29. The normalized spacial score (nSPS) is 13.1. The van der Waals surface area contributed by atoms with E-state index in [4.69, 9.17) is 5.73 Å². The minimum absolute atomic E-state index is 0.0180. The van der Waals surface area contributed by atoms with E-state index in [0.717, 1.165) is 24.1 Å². The maximum absolute atomic E-state index is 12.5. The van der Waals surface area contributed by atoms with Gasteiger partial charge in [0.15, 0.2) is 0 Å². The second-order valence-electron chi connectivity index (χ2n) is 5.29. The molecule has 0 bridgehead atoms. The van der Waals surface area contributed by atoms with Gasteiger partial charge < -0.3 is 10.6 Å². The molecule has 0 saturated carbocycles. The first-order valence-corrected chi connectivity index (χ1v) is 6.90. The summed E-state index contributed by atoms with van der Waals surface area (Å²) >= 11 is 0. The Morgan fingerprint density at radius 1 is 1.05 bits per heavy atom. The van der Waals surface area contributed by atoms with Crippen LogP contribution in [0.25, 0.3) is 0 Å². The van der Waals surface area contributed by atoms with Crippen molar-refractivity contribution < 1.29 is 4.79 Å². The molecule has 0 unspecified atom stereocenters. The molecule has 2 aromatic carbocycles. The first kappa shape index (κ1) is 12.7. The summed E-state index contributed by atoms with van der Waals surface area (Å²) in [5, 5.41) is 0. The van der Waals surface area contributed by atoms with Crippen LogP contribution in [0.1, 0.15) is 27.9 Å². The molecule has 0 radical (unpaired) electrons. The van der Waals surface area contributed by atoms with Crippen molar-refractivity contribution in [3.8, 4) is 0 Å². The van der Waals surface area contributed by atoms with Gasteiger partial charge in [-0.3, -0.25) is 4.79 Å². The predicted octanol–water partition coefficient (Wildman–Crippen LogP) is 3.03. The van der Waals surface area contributed by atoms with Gasteiger partial charge in [0.2, 0.25) is 0 Å². The molecule has 102 valence electrons. The highest BCUT2D eigenvalue weighted by molar-refractivity contribution is 6.05. The molecular weight excluding hydrogens is 248 g/mol. The summed E-state index contributed by atoms with van der Waals surface area (Å²) in [4.78, 5) is 14.2. The van der Waals surface area contributed by atoms with Crippen molar-refractivity contribution in [1.29, 1.82) is 0 Å². The van der Waals surface area contributed by atoms with E-state index < -0.39 is 0 Å². The van der Waals surface area contributed by atoms with Gasteiger partial charge in [-0.05, 0) is 66.8 Å². The zero-order valence-electron chi connectivity index (χ0n) is 11.6. The summed E-state index contributed by atoms with van der Waals surface area (Å²) in [5.74, 6) is 0.0180. The smallest absolute Gasteiger partial charge is 0.258 e. The van der Waals surface area contributed by atoms with Gasteiger partial charge in [0.1, 0.15) is 0 Å². The second-order valence-corrected chi connectivity index (χ2v) is 5.29. The third-order valence-corrected chi connectivity index (χ3v) is 3.93. The van der Waals surface area contributed by atoms with Crippen LogP contribution in [0.2, 0.25) is 0 Å². The number of amides is 1. The second kappa shape index (κ2) is 5.00. The highest BCUT2D eigenvalue weighted by Crippen LogP contribution is 2.24. The van der Waals surface area contributed by atoms with Gasteiger partial charge in [-0.1, -0.05) is 6.07 Å². The minimum atomic E-state index is 0.0180. The summed E-state index contributed by atoms with van der Waals surface area (Å²) in [6.45, 7) is 0. The Bertz CT molecular complexity index is 647. The summed E-state index contributed by atoms with van der Waals surface area (Å²) < 4.78 is 0. The molecule has 20 heavy (non-hydrogen) atoms. The molecule has 1 aliphatic rings. The number of anilines is 2. The molecule has 2 N–H and O–H groups in total. The summed E-state index contributed by atoms with van der Waals surface area (Å²) in [6, 6.07) is 13.4. The van der Waals surface area contributed by atoms with Crippen LogP contribution in [0.3, 0.4) is 0 Å². The number of aryl methyl sites for hydroxylation is 2. The van der Waals surface area contributed by atoms with Crippen LogP contribution >= 0.6 is 0 Å². The van der Waals surface area contributed by atoms with E-state index >= 15 is 0 Å². The van der Waals surface area contributed by atoms with Crippen molar-refractivity contribution in [1.82, 2.24) is 0 Å². The number of rotatable bonds is 2. The van der Waals surface area contributed by atoms with Crippen LogP contribution in [0.4, 0.5) is 11.4 Å². The van der Waals surface area contributed by atoms with Gasteiger partial charge in [0.05, 0.1) is 0 Å². The molecule has 0 heterocycles. The molecule has 0 spiro atoms. The van der Waals surface area contributed by atoms with Crippen LogP contribution in [0.5, 0.6) is 0 Å². The lowest BCUT2D eigenvalue weighted by Gasteiger charge is -2.18. The van der Waals surface area contributed by atoms with Crippen LogP contribution in [0.15, 0.2) is 42.5 Å². The van der Waals surface area contributed by atoms with Crippen molar-refractivity contribution in [2.75, 3.05) is 17.7 Å². The number of fused-ring (bicyclic) bond motifs is 1. The van der Waals surface area contributed by atoms with E-state index in [9.17, 15) is 4.79 Å². The van der Waals surface area contributed by atoms with E-state index in [1.165, 1.54) is 17.5 Å². The molecule has 2 aromatic rings. The van der Waals surface area contributed by atoms with E-state index in [1.54, 1.807) is 11.9 Å². The van der Waals surface area contributed by atoms with Gasteiger partial charge in [-0.2, -0.15) is 0 Å². The quantitative estimate of drug-likeness (QED) is 0.849. The predicted molar refractivity (Wildman–Crippen MR) is 82.1 cm³/mol. The maximum atomic E-state index is 12.5. The Kier molecular flexibility index (Phi) is 3.18. The number of benzene rings is 2. The molecule has 3 heteroatoms. The number of nitrogens with zero attached hydrogens (tertiary/aromatic N) is 1. The summed E-state index contributed by atoms with van der Waals surface area (Å²) in [5.41, 5.74) is 10.7. The third kappa shape index (κ3) is 2.27. The highest BCUT2D eigenvalue weighted by Gasteiger charge is 2.17. The van der Waals surface area contributed by atoms with Crippen molar-refractivity contribution in [3.05, 3.63) is 59.2 Å². The van der Waals surface area contributed by atoms with Gasteiger partial charge >= 0.3 is 0 Å². The maximum Gasteiger partial charge on any atom is 0.258 e. The standard InChI is InChI=1S/C17H18N2O/c1-19(16-9-7-15(18)8-10-16)17(20)14-6-5-12-3-2-4-13(12)11-14/h5-11H,2-4,18H2,1H3. The molecule has 1 aliphatic carbocycles. The number of nitrogens with two attached hydrogens (primary N) is 1. The van der Waals surface area contributed by atoms with Crippen LogP contribution in [0, 0.1) is 0 Å². The molecule has 0 aliphatic heterocycles. The van der Waals surface area contributed by atoms with Crippen molar-refractivity contribution in [3.63, 3.8) is 0 Å². The van der Waals surface area contributed by atoms with Crippen molar-refractivity contribution in [2.45, 2.75) is 19.3 Å². The lowest BCUT2D eigenvalue weighted by Crippen LogP contribution is -2.26. The van der Waals surface area contributed by atoms with E-state index in [-0.39, 0.29) is 5.91 Å². The number of hydrogen-bond donors (Lipinski definition) is 1. The van der Waals surface area contributed by atoms with Crippen LogP contribution in [-0.4, -0.2) is 13.0 Å². The van der Waals surface area contributed by atoms with Gasteiger partial charge in [-0.25, -0.2) is 0 Å². The first-order chi connectivity index (χ1) is 9.65. The zero-order chi connectivity index (χ0) is 14.1. The number of hydrogen-bond acceptors (Lipinski definition) is 2. The van der Waals surface area contributed by atoms with Crippen LogP contribution in [-0.2, 0) is 12.8 Å². The molecule has 3 rings (SSSR count). The third-order valence-electron chi connectivity index (χ3n) is 3.93. The lowest BCUT2D eigenvalue weighted by atomic mass is 10.1. The highest BCUT2D eigenvalue weighted by atomic mass is 16.2. The Balaban J connectivity index is 1.86. The fraction of sp³-hybridized carbons (Fsp3) is 0.235. The molecule has 0 aromatic heterocycles. The fourth-order valence-electron chi connectivity index (χ4n) is 2.71. The van der Waals surface area contributed by atoms with E-state index in [2.05, 4.69) is 6.07 Å². The molecule has 3 nitrogen and oxygen atoms in total. The van der Waals surface area contributed by atoms with E-state index in [1.807, 2.05) is 36.4 Å². The Morgan fingerprint density at radius 2 is 1.75 bits per heavy atom. The van der Waals surface area contributed by atoms with E-state index in [0.29, 0.717) is 5.69 Å². The lowest BCUT2D eigenvalue weighted by molar-refractivity contribution is 0.0993. The summed E-state index contributed by atoms with van der Waals surface area (Å²) in [6.07, 6.45) is 3.42. The zero-order valence-corrected chi connectivity index (χ0v) is 11.6. The Labute approximate surface area is 119 Å². The largest absolute Gasteiger partial charge is 0.399 e. The average molecular weight is 266 g/mol. The first-order valence-electron chi connectivity index (χ1n) is 6.90. The number of carbonyl (C=O) groups excluding carboxylic acids is 1. The Morgan fingerprint density at radius 3 is 2.50 bits per heavy atom.